The molecule has 0 bridgehead atoms. The van der Waals surface area contributed by atoms with E-state index in [1.807, 2.05) is 7.05 Å². The van der Waals surface area contributed by atoms with Gasteiger partial charge < -0.3 is 10.1 Å². The zero-order valence-electron chi connectivity index (χ0n) is 11.8. The normalized spacial score (nSPS) is 29.9. The molecule has 0 aromatic heterocycles. The number of benzene rings is 1. The fourth-order valence-electron chi connectivity index (χ4n) is 3.59. The van der Waals surface area contributed by atoms with Crippen LogP contribution in [0.5, 0.6) is 0 Å². The molecule has 1 saturated carbocycles. The first kappa shape index (κ1) is 14.0. The van der Waals surface area contributed by atoms with Gasteiger partial charge in [0.1, 0.15) is 11.6 Å². The molecule has 0 amide bonds. The molecule has 4 heteroatoms. The molecule has 1 aliphatic carbocycles. The molecular weight excluding hydrogens is 260 g/mol. The van der Waals surface area contributed by atoms with Crippen molar-refractivity contribution >= 4 is 0 Å². The van der Waals surface area contributed by atoms with Gasteiger partial charge in [-0.05, 0) is 50.8 Å². The van der Waals surface area contributed by atoms with Crippen LogP contribution in [0.3, 0.4) is 0 Å². The van der Waals surface area contributed by atoms with Crippen molar-refractivity contribution < 1.29 is 13.5 Å². The number of hydrogen-bond acceptors (Lipinski definition) is 2. The minimum Gasteiger partial charge on any atom is -0.377 e. The van der Waals surface area contributed by atoms with Crippen LogP contribution in [0.25, 0.3) is 0 Å². The maximum absolute atomic E-state index is 14.0. The summed E-state index contributed by atoms with van der Waals surface area (Å²) in [7, 11) is 1.89. The number of halogens is 2. The first-order valence-electron chi connectivity index (χ1n) is 7.35. The summed E-state index contributed by atoms with van der Waals surface area (Å²) in [5, 5.41) is 3.20. The Morgan fingerprint density at radius 1 is 1.30 bits per heavy atom. The fraction of sp³-hybridized carbons (Fsp3) is 0.625. The van der Waals surface area contributed by atoms with E-state index < -0.39 is 11.6 Å². The molecule has 1 aromatic rings. The minimum absolute atomic E-state index is 0.133. The Labute approximate surface area is 118 Å². The number of rotatable bonds is 5. The Morgan fingerprint density at radius 3 is 2.60 bits per heavy atom. The van der Waals surface area contributed by atoms with Crippen molar-refractivity contribution in [2.75, 3.05) is 20.2 Å². The SMILES string of the molecule is CNCC1(Cc2c(F)cccc2F)CCOC1C1CC1. The maximum Gasteiger partial charge on any atom is 0.129 e. The highest BCUT2D eigenvalue weighted by Gasteiger charge is 2.50. The summed E-state index contributed by atoms with van der Waals surface area (Å²) in [6.07, 6.45) is 3.76. The third-order valence-electron chi connectivity index (χ3n) is 4.67. The number of nitrogens with one attached hydrogen (secondary N) is 1. The predicted octanol–water partition coefficient (Wildman–Crippen LogP) is 2.91. The highest BCUT2D eigenvalue weighted by Crippen LogP contribution is 2.49. The lowest BCUT2D eigenvalue weighted by Crippen LogP contribution is -2.43. The van der Waals surface area contributed by atoms with Gasteiger partial charge in [0.15, 0.2) is 0 Å². The molecule has 1 saturated heterocycles. The second-order valence-electron chi connectivity index (χ2n) is 6.15. The Bertz CT molecular complexity index is 469. The molecule has 1 aromatic carbocycles. The van der Waals surface area contributed by atoms with Gasteiger partial charge in [-0.3, -0.25) is 0 Å². The zero-order chi connectivity index (χ0) is 14.2. The van der Waals surface area contributed by atoms with Crippen LogP contribution in [-0.2, 0) is 11.2 Å². The van der Waals surface area contributed by atoms with Crippen LogP contribution >= 0.6 is 0 Å². The molecule has 0 radical (unpaired) electrons. The Morgan fingerprint density at radius 2 is 2.00 bits per heavy atom. The van der Waals surface area contributed by atoms with Gasteiger partial charge in [0.2, 0.25) is 0 Å². The summed E-state index contributed by atoms with van der Waals surface area (Å²) in [6, 6.07) is 4.10. The van der Waals surface area contributed by atoms with Crippen molar-refractivity contribution in [3.63, 3.8) is 0 Å². The third kappa shape index (κ3) is 2.47. The van der Waals surface area contributed by atoms with Crippen molar-refractivity contribution in [3.05, 3.63) is 35.4 Å². The highest BCUT2D eigenvalue weighted by molar-refractivity contribution is 5.23. The summed E-state index contributed by atoms with van der Waals surface area (Å²) in [6.45, 7) is 1.43. The van der Waals surface area contributed by atoms with E-state index in [1.165, 1.54) is 31.0 Å². The molecule has 1 aliphatic heterocycles. The van der Waals surface area contributed by atoms with Gasteiger partial charge >= 0.3 is 0 Å². The van der Waals surface area contributed by atoms with E-state index in [4.69, 9.17) is 4.74 Å². The van der Waals surface area contributed by atoms with Crippen LogP contribution in [0.1, 0.15) is 24.8 Å². The largest absolute Gasteiger partial charge is 0.377 e. The van der Waals surface area contributed by atoms with Gasteiger partial charge in [-0.15, -0.1) is 0 Å². The van der Waals surface area contributed by atoms with Crippen LogP contribution in [0, 0.1) is 23.0 Å². The van der Waals surface area contributed by atoms with Crippen LogP contribution < -0.4 is 5.32 Å². The number of ether oxygens (including phenoxy) is 1. The zero-order valence-corrected chi connectivity index (χ0v) is 11.8. The van der Waals surface area contributed by atoms with Crippen LogP contribution in [0.15, 0.2) is 18.2 Å². The lowest BCUT2D eigenvalue weighted by molar-refractivity contribution is 0.0307. The van der Waals surface area contributed by atoms with Crippen molar-refractivity contribution in [1.82, 2.24) is 5.32 Å². The fourth-order valence-corrected chi connectivity index (χ4v) is 3.59. The van der Waals surface area contributed by atoms with E-state index >= 15 is 0 Å². The van der Waals surface area contributed by atoms with E-state index in [0.717, 1.165) is 13.0 Å². The molecule has 2 aliphatic rings. The van der Waals surface area contributed by atoms with Crippen molar-refractivity contribution in [2.45, 2.75) is 31.8 Å². The Kier molecular flexibility index (Phi) is 3.78. The van der Waals surface area contributed by atoms with Crippen molar-refractivity contribution in [2.24, 2.45) is 11.3 Å². The van der Waals surface area contributed by atoms with Gasteiger partial charge in [0, 0.05) is 24.1 Å². The van der Waals surface area contributed by atoms with E-state index in [-0.39, 0.29) is 17.1 Å². The highest BCUT2D eigenvalue weighted by atomic mass is 19.1. The number of hydrogen-bond donors (Lipinski definition) is 1. The molecule has 1 heterocycles. The molecule has 2 unspecified atom stereocenters. The van der Waals surface area contributed by atoms with Crippen LogP contribution in [-0.4, -0.2) is 26.3 Å². The monoisotopic (exact) mass is 281 g/mol. The molecule has 3 rings (SSSR count). The topological polar surface area (TPSA) is 21.3 Å². The van der Waals surface area contributed by atoms with Crippen molar-refractivity contribution in [3.8, 4) is 0 Å². The minimum atomic E-state index is -0.443. The van der Waals surface area contributed by atoms with Crippen LogP contribution in [0.2, 0.25) is 0 Å². The first-order chi connectivity index (χ1) is 9.66. The van der Waals surface area contributed by atoms with Gasteiger partial charge in [-0.25, -0.2) is 8.78 Å². The standard InChI is InChI=1S/C16H21F2NO/c1-19-10-16(7-8-20-15(16)11-5-6-11)9-12-13(17)3-2-4-14(12)18/h2-4,11,15,19H,5-10H2,1H3. The Balaban J connectivity index is 1.90. The summed E-state index contributed by atoms with van der Waals surface area (Å²) >= 11 is 0. The second kappa shape index (κ2) is 5.41. The van der Waals surface area contributed by atoms with E-state index in [9.17, 15) is 8.78 Å². The quantitative estimate of drug-likeness (QED) is 0.896. The molecule has 0 spiro atoms. The summed E-state index contributed by atoms with van der Waals surface area (Å²) in [5.41, 5.74) is 0.0257. The second-order valence-corrected chi connectivity index (χ2v) is 6.15. The molecule has 2 fully saturated rings. The average Bonchev–Trinajstić information content (AvgIpc) is 3.17. The molecule has 110 valence electrons. The summed E-state index contributed by atoms with van der Waals surface area (Å²) < 4.78 is 33.8. The summed E-state index contributed by atoms with van der Waals surface area (Å²) in [4.78, 5) is 0. The predicted molar refractivity (Wildman–Crippen MR) is 73.5 cm³/mol. The van der Waals surface area contributed by atoms with E-state index in [1.54, 1.807) is 0 Å². The Hall–Kier alpha value is -1.00. The molecule has 2 nitrogen and oxygen atoms in total. The first-order valence-corrected chi connectivity index (χ1v) is 7.35. The lowest BCUT2D eigenvalue weighted by Gasteiger charge is -2.34. The van der Waals surface area contributed by atoms with Gasteiger partial charge in [0.05, 0.1) is 6.10 Å². The molecule has 1 N–H and O–H groups in total. The molecule has 2 atom stereocenters. The summed E-state index contributed by atoms with van der Waals surface area (Å²) in [5.74, 6) is -0.315. The third-order valence-corrected chi connectivity index (χ3v) is 4.67. The van der Waals surface area contributed by atoms with Gasteiger partial charge in [-0.2, -0.15) is 0 Å². The lowest BCUT2D eigenvalue weighted by atomic mass is 9.74. The van der Waals surface area contributed by atoms with Gasteiger partial charge in [-0.1, -0.05) is 6.07 Å². The van der Waals surface area contributed by atoms with Gasteiger partial charge in [0.25, 0.3) is 0 Å². The van der Waals surface area contributed by atoms with Crippen LogP contribution in [0.4, 0.5) is 8.78 Å². The van der Waals surface area contributed by atoms with Crippen molar-refractivity contribution in [1.29, 1.82) is 0 Å². The average molecular weight is 281 g/mol. The molecule has 20 heavy (non-hydrogen) atoms. The molecular formula is C16H21F2NO. The van der Waals surface area contributed by atoms with E-state index in [2.05, 4.69) is 5.32 Å². The van der Waals surface area contributed by atoms with E-state index in [0.29, 0.717) is 18.9 Å². The maximum atomic E-state index is 14.0. The smallest absolute Gasteiger partial charge is 0.129 e.